The average Bonchev–Trinajstić information content (AvgIpc) is 2.33. The lowest BCUT2D eigenvalue weighted by Crippen LogP contribution is -1.91. The van der Waals surface area contributed by atoms with Crippen molar-refractivity contribution in [1.82, 2.24) is 9.55 Å². The fourth-order valence-electron chi connectivity index (χ4n) is 0.979. The largest absolute Gasteiger partial charge is 0.471 e. The second kappa shape index (κ2) is 2.55. The number of ether oxygens (including phenoxy) is 1. The molecule has 0 amide bonds. The van der Waals surface area contributed by atoms with Crippen molar-refractivity contribution in [3.63, 3.8) is 0 Å². The Kier molecular flexibility index (Phi) is 1.42. The highest BCUT2D eigenvalue weighted by Gasteiger charge is 2.05. The lowest BCUT2D eigenvalue weighted by atomic mass is 10.5. The predicted molar refractivity (Wildman–Crippen MR) is 42.4 cm³/mol. The summed E-state index contributed by atoms with van der Waals surface area (Å²) in [5, 5.41) is 8.66. The van der Waals surface area contributed by atoms with E-state index in [4.69, 9.17) is 10.00 Å². The normalized spacial score (nSPS) is 12.9. The molecule has 4 nitrogen and oxygen atoms in total. The fourth-order valence-corrected chi connectivity index (χ4v) is 0.979. The molecule has 12 heavy (non-hydrogen) atoms. The van der Waals surface area contributed by atoms with E-state index in [2.05, 4.69) is 4.98 Å². The van der Waals surface area contributed by atoms with Crippen molar-refractivity contribution in [2.75, 3.05) is 0 Å². The summed E-state index contributed by atoms with van der Waals surface area (Å²) in [6, 6.07) is 2.02. The molecule has 4 heteroatoms. The van der Waals surface area contributed by atoms with Crippen LogP contribution in [0.15, 0.2) is 18.7 Å². The van der Waals surface area contributed by atoms with Gasteiger partial charge in [0.15, 0.2) is 0 Å². The summed E-state index contributed by atoms with van der Waals surface area (Å²) >= 11 is 0. The summed E-state index contributed by atoms with van der Waals surface area (Å²) in [6.45, 7) is 0. The van der Waals surface area contributed by atoms with Crippen LogP contribution in [0.4, 0.5) is 0 Å². The van der Waals surface area contributed by atoms with Crippen LogP contribution in [-0.2, 0) is 4.74 Å². The highest BCUT2D eigenvalue weighted by molar-refractivity contribution is 5.49. The molecule has 0 aromatic carbocycles. The van der Waals surface area contributed by atoms with Gasteiger partial charge in [-0.25, -0.2) is 4.98 Å². The average molecular weight is 159 g/mol. The van der Waals surface area contributed by atoms with E-state index in [1.54, 1.807) is 16.8 Å². The van der Waals surface area contributed by atoms with Crippen LogP contribution in [0.3, 0.4) is 0 Å². The Morgan fingerprint density at radius 3 is 3.25 bits per heavy atom. The van der Waals surface area contributed by atoms with Crippen molar-refractivity contribution < 1.29 is 4.74 Å². The zero-order valence-electron chi connectivity index (χ0n) is 6.14. The third-order valence-corrected chi connectivity index (χ3v) is 1.52. The van der Waals surface area contributed by atoms with Crippen LogP contribution >= 0.6 is 0 Å². The lowest BCUT2D eigenvalue weighted by molar-refractivity contribution is 0.410. The Labute approximate surface area is 69.0 Å². The minimum atomic E-state index is 0.497. The Bertz CT molecular complexity index is 395. The van der Waals surface area contributed by atoms with E-state index in [-0.39, 0.29) is 0 Å². The molecule has 0 saturated carbocycles. The summed E-state index contributed by atoms with van der Waals surface area (Å²) in [7, 11) is 0. The number of imidazole rings is 1. The van der Waals surface area contributed by atoms with E-state index >= 15 is 0 Å². The molecule has 58 valence electrons. The molecule has 0 radical (unpaired) electrons. The van der Waals surface area contributed by atoms with Crippen molar-refractivity contribution in [3.8, 4) is 6.07 Å². The Morgan fingerprint density at radius 2 is 2.42 bits per heavy atom. The standard InChI is InChI=1S/C8H5N3O/c9-5-7-6-10-8-1-3-12-4-2-11(7)8/h1-4,6H. The molecule has 0 atom stereocenters. The van der Waals surface area contributed by atoms with E-state index in [0.29, 0.717) is 11.5 Å². The van der Waals surface area contributed by atoms with Gasteiger partial charge in [-0.3, -0.25) is 4.57 Å². The summed E-state index contributed by atoms with van der Waals surface area (Å²) in [6.07, 6.45) is 7.88. The third-order valence-electron chi connectivity index (χ3n) is 1.52. The van der Waals surface area contributed by atoms with E-state index in [1.165, 1.54) is 18.7 Å². The minimum Gasteiger partial charge on any atom is -0.471 e. The Balaban J connectivity index is 2.62. The quantitative estimate of drug-likeness (QED) is 0.571. The zero-order chi connectivity index (χ0) is 8.39. The molecule has 1 aliphatic heterocycles. The number of hydrogen-bond acceptors (Lipinski definition) is 3. The Hall–Kier alpha value is -2.02. The molecule has 0 bridgehead atoms. The number of rotatable bonds is 0. The molecule has 1 aliphatic rings. The molecule has 2 rings (SSSR count). The van der Waals surface area contributed by atoms with Crippen molar-refractivity contribution in [2.24, 2.45) is 0 Å². The highest BCUT2D eigenvalue weighted by Crippen LogP contribution is 2.09. The maximum atomic E-state index is 8.66. The first-order valence-electron chi connectivity index (χ1n) is 3.38. The zero-order valence-corrected chi connectivity index (χ0v) is 6.14. The molecule has 0 N–H and O–H groups in total. The summed E-state index contributed by atoms with van der Waals surface area (Å²) in [4.78, 5) is 4.01. The first-order chi connectivity index (χ1) is 5.92. The molecule has 0 unspecified atom stereocenters. The second-order valence-corrected chi connectivity index (χ2v) is 2.21. The first kappa shape index (κ1) is 6.68. The third kappa shape index (κ3) is 0.883. The van der Waals surface area contributed by atoms with Crippen molar-refractivity contribution >= 4 is 12.3 Å². The molecule has 0 saturated heterocycles. The van der Waals surface area contributed by atoms with Crippen LogP contribution in [0, 0.1) is 11.3 Å². The van der Waals surface area contributed by atoms with Gasteiger partial charge in [0.2, 0.25) is 0 Å². The molecule has 1 aromatic rings. The van der Waals surface area contributed by atoms with E-state index < -0.39 is 0 Å². The van der Waals surface area contributed by atoms with Gasteiger partial charge >= 0.3 is 0 Å². The molecule has 0 aliphatic carbocycles. The number of fused-ring (bicyclic) bond motifs is 1. The van der Waals surface area contributed by atoms with Crippen molar-refractivity contribution in [3.05, 3.63) is 30.2 Å². The topological polar surface area (TPSA) is 50.8 Å². The fraction of sp³-hybridized carbons (Fsp3) is 0. The lowest BCUT2D eigenvalue weighted by Gasteiger charge is -1.93. The number of nitriles is 1. The Morgan fingerprint density at radius 1 is 1.50 bits per heavy atom. The van der Waals surface area contributed by atoms with Crippen molar-refractivity contribution in [1.29, 1.82) is 5.26 Å². The number of hydrogen-bond donors (Lipinski definition) is 0. The van der Waals surface area contributed by atoms with Crippen molar-refractivity contribution in [2.45, 2.75) is 0 Å². The molecule has 0 fully saturated rings. The summed E-state index contributed by atoms with van der Waals surface area (Å²) < 4.78 is 6.56. The van der Waals surface area contributed by atoms with Gasteiger partial charge in [-0.05, 0) is 0 Å². The molecular weight excluding hydrogens is 154 g/mol. The van der Waals surface area contributed by atoms with Gasteiger partial charge in [-0.2, -0.15) is 5.26 Å². The van der Waals surface area contributed by atoms with E-state index in [1.807, 2.05) is 6.07 Å². The number of aromatic nitrogens is 2. The van der Waals surface area contributed by atoms with Gasteiger partial charge in [0.25, 0.3) is 0 Å². The van der Waals surface area contributed by atoms with Gasteiger partial charge in [0, 0.05) is 12.3 Å². The second-order valence-electron chi connectivity index (χ2n) is 2.21. The smallest absolute Gasteiger partial charge is 0.144 e. The van der Waals surface area contributed by atoms with E-state index in [9.17, 15) is 0 Å². The van der Waals surface area contributed by atoms with Crippen LogP contribution in [0.1, 0.15) is 11.5 Å². The summed E-state index contributed by atoms with van der Waals surface area (Å²) in [5.74, 6) is 0.695. The molecule has 0 spiro atoms. The molecular formula is C8H5N3O. The first-order valence-corrected chi connectivity index (χ1v) is 3.38. The van der Waals surface area contributed by atoms with Gasteiger partial charge in [-0.1, -0.05) is 0 Å². The van der Waals surface area contributed by atoms with Gasteiger partial charge in [-0.15, -0.1) is 0 Å². The van der Waals surface area contributed by atoms with Crippen LogP contribution in [-0.4, -0.2) is 9.55 Å². The minimum absolute atomic E-state index is 0.497. The van der Waals surface area contributed by atoms with E-state index in [0.717, 1.165) is 0 Å². The molecule has 2 heterocycles. The van der Waals surface area contributed by atoms with Gasteiger partial charge < -0.3 is 4.74 Å². The monoisotopic (exact) mass is 159 g/mol. The summed E-state index contributed by atoms with van der Waals surface area (Å²) in [5.41, 5.74) is 0.497. The predicted octanol–water partition coefficient (Wildman–Crippen LogP) is 1.18. The van der Waals surface area contributed by atoms with Gasteiger partial charge in [0.05, 0.1) is 12.5 Å². The van der Waals surface area contributed by atoms with Gasteiger partial charge in [0.1, 0.15) is 23.8 Å². The number of nitrogens with zero attached hydrogens (tertiary/aromatic N) is 3. The highest BCUT2D eigenvalue weighted by atomic mass is 16.5. The maximum Gasteiger partial charge on any atom is 0.144 e. The maximum absolute atomic E-state index is 8.66. The van der Waals surface area contributed by atoms with Crippen LogP contribution in [0.25, 0.3) is 12.3 Å². The SMILES string of the molecule is N#Cc1cnc2n1C=COC=C2. The van der Waals surface area contributed by atoms with Crippen LogP contribution in [0.5, 0.6) is 0 Å². The van der Waals surface area contributed by atoms with Crippen LogP contribution < -0.4 is 0 Å². The molecule has 1 aromatic heterocycles. The van der Waals surface area contributed by atoms with Crippen LogP contribution in [0.2, 0.25) is 0 Å².